The van der Waals surface area contributed by atoms with E-state index in [9.17, 15) is 9.59 Å². The minimum Gasteiger partial charge on any atom is -0.481 e. The molecule has 0 spiro atoms. The Kier molecular flexibility index (Phi) is 3.50. The third kappa shape index (κ3) is 2.61. The van der Waals surface area contributed by atoms with Crippen molar-refractivity contribution in [3.8, 4) is 5.75 Å². The van der Waals surface area contributed by atoms with Crippen LogP contribution in [-0.4, -0.2) is 24.3 Å². The zero-order valence-electron chi connectivity index (χ0n) is 10.0. The lowest BCUT2D eigenvalue weighted by Gasteiger charge is -2.21. The third-order valence-corrected chi connectivity index (χ3v) is 3.12. The smallest absolute Gasteiger partial charge is 0.481 e. The number of aryl methyl sites for hydroxylation is 1. The van der Waals surface area contributed by atoms with E-state index in [0.29, 0.717) is 25.0 Å². The SMILES string of the molecule is COC(=O)Oc1ccc2c(c1)CCC(C(=O)O)C2. The second kappa shape index (κ2) is 5.08. The molecule has 1 aliphatic carbocycles. The van der Waals surface area contributed by atoms with Crippen LogP contribution in [0.1, 0.15) is 17.5 Å². The minimum absolute atomic E-state index is 0.315. The first-order chi connectivity index (χ1) is 8.60. The minimum atomic E-state index is -0.755. The highest BCUT2D eigenvalue weighted by Crippen LogP contribution is 2.28. The molecule has 0 radical (unpaired) electrons. The number of fused-ring (bicyclic) bond motifs is 1. The van der Waals surface area contributed by atoms with Crippen molar-refractivity contribution < 1.29 is 24.2 Å². The molecule has 0 amide bonds. The number of rotatable bonds is 2. The van der Waals surface area contributed by atoms with Crippen molar-refractivity contribution in [1.82, 2.24) is 0 Å². The van der Waals surface area contributed by atoms with E-state index in [0.717, 1.165) is 11.1 Å². The predicted molar refractivity (Wildman–Crippen MR) is 62.6 cm³/mol. The highest BCUT2D eigenvalue weighted by atomic mass is 16.7. The van der Waals surface area contributed by atoms with Gasteiger partial charge in [0.25, 0.3) is 0 Å². The van der Waals surface area contributed by atoms with Gasteiger partial charge in [-0.2, -0.15) is 0 Å². The van der Waals surface area contributed by atoms with E-state index in [1.165, 1.54) is 7.11 Å². The maximum absolute atomic E-state index is 11.0. The number of hydrogen-bond donors (Lipinski definition) is 1. The van der Waals surface area contributed by atoms with Crippen LogP contribution in [0.5, 0.6) is 5.75 Å². The van der Waals surface area contributed by atoms with E-state index in [4.69, 9.17) is 9.84 Å². The fraction of sp³-hybridized carbons (Fsp3) is 0.385. The lowest BCUT2D eigenvalue weighted by atomic mass is 9.84. The fourth-order valence-corrected chi connectivity index (χ4v) is 2.14. The van der Waals surface area contributed by atoms with Crippen molar-refractivity contribution in [2.24, 2.45) is 5.92 Å². The summed E-state index contributed by atoms with van der Waals surface area (Å²) in [6, 6.07) is 5.23. The van der Waals surface area contributed by atoms with Crippen LogP contribution >= 0.6 is 0 Å². The number of carboxylic acid groups (broad SMARTS) is 1. The van der Waals surface area contributed by atoms with Gasteiger partial charge < -0.3 is 14.6 Å². The number of benzene rings is 1. The molecule has 2 rings (SSSR count). The van der Waals surface area contributed by atoms with E-state index >= 15 is 0 Å². The summed E-state index contributed by atoms with van der Waals surface area (Å²) in [6.45, 7) is 0. The van der Waals surface area contributed by atoms with Gasteiger partial charge in [0.05, 0.1) is 13.0 Å². The second-order valence-corrected chi connectivity index (χ2v) is 4.26. The van der Waals surface area contributed by atoms with Crippen LogP contribution in [0.4, 0.5) is 4.79 Å². The molecule has 0 heterocycles. The molecule has 1 atom stereocenters. The first kappa shape index (κ1) is 12.4. The molecule has 5 heteroatoms. The molecular weight excluding hydrogens is 236 g/mol. The first-order valence-electron chi connectivity index (χ1n) is 5.70. The summed E-state index contributed by atoms with van der Waals surface area (Å²) in [7, 11) is 1.25. The molecule has 1 aromatic rings. The molecule has 0 saturated heterocycles. The van der Waals surface area contributed by atoms with Crippen LogP contribution in [0, 0.1) is 5.92 Å². The molecule has 1 N–H and O–H groups in total. The Morgan fingerprint density at radius 3 is 2.78 bits per heavy atom. The van der Waals surface area contributed by atoms with Gasteiger partial charge >= 0.3 is 12.1 Å². The quantitative estimate of drug-likeness (QED) is 0.642. The number of carbonyl (C=O) groups is 2. The number of aliphatic carboxylic acids is 1. The maximum Gasteiger partial charge on any atom is 0.513 e. The average molecular weight is 250 g/mol. The summed E-state index contributed by atoms with van der Waals surface area (Å²) in [5, 5.41) is 8.98. The maximum atomic E-state index is 11.0. The van der Waals surface area contributed by atoms with Crippen molar-refractivity contribution in [3.63, 3.8) is 0 Å². The summed E-state index contributed by atoms with van der Waals surface area (Å²) >= 11 is 0. The van der Waals surface area contributed by atoms with Gasteiger partial charge in [0, 0.05) is 0 Å². The molecule has 5 nitrogen and oxygen atoms in total. The van der Waals surface area contributed by atoms with Crippen LogP contribution in [-0.2, 0) is 22.4 Å². The Morgan fingerprint density at radius 1 is 1.33 bits per heavy atom. The number of methoxy groups -OCH3 is 1. The van der Waals surface area contributed by atoms with Gasteiger partial charge in [0.1, 0.15) is 5.75 Å². The van der Waals surface area contributed by atoms with Gasteiger partial charge in [-0.05, 0) is 42.5 Å². The number of hydrogen-bond acceptors (Lipinski definition) is 4. The van der Waals surface area contributed by atoms with Gasteiger partial charge in [-0.25, -0.2) is 4.79 Å². The van der Waals surface area contributed by atoms with Crippen LogP contribution in [0.15, 0.2) is 18.2 Å². The third-order valence-electron chi connectivity index (χ3n) is 3.12. The summed E-state index contributed by atoms with van der Waals surface area (Å²) in [6.07, 6.45) is 1.08. The van der Waals surface area contributed by atoms with Gasteiger partial charge in [0.15, 0.2) is 0 Å². The monoisotopic (exact) mass is 250 g/mol. The van der Waals surface area contributed by atoms with Crippen molar-refractivity contribution >= 4 is 12.1 Å². The summed E-state index contributed by atoms with van der Waals surface area (Å²) in [5.41, 5.74) is 2.04. The summed E-state index contributed by atoms with van der Waals surface area (Å²) < 4.78 is 9.33. The predicted octanol–water partition coefficient (Wildman–Crippen LogP) is 2.02. The topological polar surface area (TPSA) is 72.8 Å². The number of ether oxygens (including phenoxy) is 2. The zero-order valence-corrected chi connectivity index (χ0v) is 10.0. The Labute approximate surface area is 104 Å². The Hall–Kier alpha value is -2.04. The van der Waals surface area contributed by atoms with Crippen LogP contribution in [0.3, 0.4) is 0 Å². The normalized spacial score (nSPS) is 17.7. The largest absolute Gasteiger partial charge is 0.513 e. The van der Waals surface area contributed by atoms with Crippen molar-refractivity contribution in [2.75, 3.05) is 7.11 Å². The van der Waals surface area contributed by atoms with Crippen LogP contribution in [0.25, 0.3) is 0 Å². The van der Waals surface area contributed by atoms with Crippen LogP contribution in [0.2, 0.25) is 0 Å². The lowest BCUT2D eigenvalue weighted by molar-refractivity contribution is -0.142. The van der Waals surface area contributed by atoms with E-state index in [-0.39, 0.29) is 5.92 Å². The molecule has 1 aliphatic rings. The zero-order chi connectivity index (χ0) is 13.1. The highest BCUT2D eigenvalue weighted by Gasteiger charge is 2.24. The Morgan fingerprint density at radius 2 is 2.11 bits per heavy atom. The molecule has 1 aromatic carbocycles. The van der Waals surface area contributed by atoms with E-state index < -0.39 is 12.1 Å². The second-order valence-electron chi connectivity index (χ2n) is 4.26. The molecule has 0 aliphatic heterocycles. The van der Waals surface area contributed by atoms with Crippen molar-refractivity contribution in [2.45, 2.75) is 19.3 Å². The molecule has 96 valence electrons. The van der Waals surface area contributed by atoms with Crippen molar-refractivity contribution in [1.29, 1.82) is 0 Å². The Balaban J connectivity index is 2.15. The Bertz CT molecular complexity index is 480. The van der Waals surface area contributed by atoms with Gasteiger partial charge in [-0.1, -0.05) is 6.07 Å². The standard InChI is InChI=1S/C13H14O5/c1-17-13(16)18-11-5-4-8-6-10(12(14)15)3-2-9(8)7-11/h4-5,7,10H,2-3,6H2,1H3,(H,14,15). The lowest BCUT2D eigenvalue weighted by Crippen LogP contribution is -2.22. The fourth-order valence-electron chi connectivity index (χ4n) is 2.14. The van der Waals surface area contributed by atoms with E-state index in [1.54, 1.807) is 12.1 Å². The molecule has 0 saturated carbocycles. The summed E-state index contributed by atoms with van der Waals surface area (Å²) in [5.74, 6) is -0.644. The first-order valence-corrected chi connectivity index (χ1v) is 5.70. The molecule has 0 bridgehead atoms. The molecule has 0 aromatic heterocycles. The highest BCUT2D eigenvalue weighted by molar-refractivity contribution is 5.71. The molecule has 0 fully saturated rings. The molecular formula is C13H14O5. The van der Waals surface area contributed by atoms with Crippen LogP contribution < -0.4 is 4.74 Å². The van der Waals surface area contributed by atoms with Gasteiger partial charge in [-0.15, -0.1) is 0 Å². The molecule has 18 heavy (non-hydrogen) atoms. The molecule has 1 unspecified atom stereocenters. The van der Waals surface area contributed by atoms with E-state index in [2.05, 4.69) is 4.74 Å². The van der Waals surface area contributed by atoms with E-state index in [1.807, 2.05) is 6.07 Å². The van der Waals surface area contributed by atoms with Crippen molar-refractivity contribution in [3.05, 3.63) is 29.3 Å². The van der Waals surface area contributed by atoms with Gasteiger partial charge in [-0.3, -0.25) is 4.79 Å². The number of carboxylic acids is 1. The van der Waals surface area contributed by atoms with Gasteiger partial charge in [0.2, 0.25) is 0 Å². The number of carbonyl (C=O) groups excluding carboxylic acids is 1. The average Bonchev–Trinajstić information content (AvgIpc) is 2.37. The summed E-state index contributed by atoms with van der Waals surface area (Å²) in [4.78, 5) is 21.9.